The maximum atomic E-state index is 10.3. The molecule has 5 heteroatoms. The monoisotopic (exact) mass is 262 g/mol. The van der Waals surface area contributed by atoms with Crippen molar-refractivity contribution in [3.05, 3.63) is 23.3 Å². The zero-order valence-corrected chi connectivity index (χ0v) is 11.3. The predicted octanol–water partition coefficient (Wildman–Crippen LogP) is 0.169. The van der Waals surface area contributed by atoms with Gasteiger partial charge in [-0.2, -0.15) is 0 Å². The molecule has 1 atom stereocenters. The van der Waals surface area contributed by atoms with Crippen molar-refractivity contribution in [2.45, 2.75) is 44.2 Å². The van der Waals surface area contributed by atoms with E-state index in [0.29, 0.717) is 19.6 Å². The Kier molecular flexibility index (Phi) is 3.77. The van der Waals surface area contributed by atoms with Crippen molar-refractivity contribution in [3.8, 4) is 0 Å². The van der Waals surface area contributed by atoms with E-state index in [-0.39, 0.29) is 0 Å². The fourth-order valence-electron chi connectivity index (χ4n) is 2.95. The largest absolute Gasteiger partial charge is 0.387 e. The Bertz CT molecular complexity index is 443. The standard InChI is InChI=1S/C14H22N4O/c19-14(5-2-6-15-9-14)10-16-8-13-17-7-11-3-1-4-12(11)18-13/h7,15-16,19H,1-6,8-10H2. The minimum absolute atomic E-state index is 0.598. The summed E-state index contributed by atoms with van der Waals surface area (Å²) in [5, 5.41) is 16.9. The molecule has 0 spiro atoms. The van der Waals surface area contributed by atoms with E-state index in [1.165, 1.54) is 17.7 Å². The van der Waals surface area contributed by atoms with E-state index in [0.717, 1.165) is 38.1 Å². The summed E-state index contributed by atoms with van der Waals surface area (Å²) in [6.07, 6.45) is 7.26. The summed E-state index contributed by atoms with van der Waals surface area (Å²) in [5.41, 5.74) is 1.90. The van der Waals surface area contributed by atoms with Gasteiger partial charge in [0, 0.05) is 25.0 Å². The van der Waals surface area contributed by atoms with Crippen LogP contribution in [0.15, 0.2) is 6.20 Å². The minimum atomic E-state index is -0.616. The molecule has 3 N–H and O–H groups in total. The number of nitrogens with one attached hydrogen (secondary N) is 2. The normalized spacial score (nSPS) is 26.4. The van der Waals surface area contributed by atoms with Crippen LogP contribution in [0.5, 0.6) is 0 Å². The van der Waals surface area contributed by atoms with Crippen LogP contribution in [0.4, 0.5) is 0 Å². The highest BCUT2D eigenvalue weighted by Gasteiger charge is 2.28. The molecule has 0 radical (unpaired) electrons. The number of rotatable bonds is 4. The fourth-order valence-corrected chi connectivity index (χ4v) is 2.95. The number of hydrogen-bond acceptors (Lipinski definition) is 5. The average molecular weight is 262 g/mol. The lowest BCUT2D eigenvalue weighted by molar-refractivity contribution is 0.0168. The lowest BCUT2D eigenvalue weighted by Crippen LogP contribution is -2.51. The summed E-state index contributed by atoms with van der Waals surface area (Å²) >= 11 is 0. The van der Waals surface area contributed by atoms with E-state index in [2.05, 4.69) is 20.6 Å². The number of aromatic nitrogens is 2. The number of fused-ring (bicyclic) bond motifs is 1. The third-order valence-electron chi connectivity index (χ3n) is 4.05. The molecule has 5 nitrogen and oxygen atoms in total. The van der Waals surface area contributed by atoms with Crippen molar-refractivity contribution in [1.82, 2.24) is 20.6 Å². The van der Waals surface area contributed by atoms with Crippen molar-refractivity contribution in [2.75, 3.05) is 19.6 Å². The van der Waals surface area contributed by atoms with Gasteiger partial charge in [-0.3, -0.25) is 0 Å². The maximum absolute atomic E-state index is 10.3. The summed E-state index contributed by atoms with van der Waals surface area (Å²) in [6, 6.07) is 0. The third kappa shape index (κ3) is 3.11. The van der Waals surface area contributed by atoms with Gasteiger partial charge in [-0.1, -0.05) is 0 Å². The highest BCUT2D eigenvalue weighted by molar-refractivity contribution is 5.22. The van der Waals surface area contributed by atoms with Crippen LogP contribution in [-0.2, 0) is 19.4 Å². The van der Waals surface area contributed by atoms with Gasteiger partial charge in [-0.05, 0) is 44.2 Å². The number of aliphatic hydroxyl groups is 1. The first kappa shape index (κ1) is 13.0. The van der Waals surface area contributed by atoms with Crippen molar-refractivity contribution in [1.29, 1.82) is 0 Å². The molecule has 3 rings (SSSR count). The van der Waals surface area contributed by atoms with Gasteiger partial charge in [0.2, 0.25) is 0 Å². The van der Waals surface area contributed by atoms with E-state index in [9.17, 15) is 5.11 Å². The lowest BCUT2D eigenvalue weighted by atomic mass is 9.94. The molecule has 1 saturated heterocycles. The molecule has 1 aromatic rings. The molecular formula is C14H22N4O. The highest BCUT2D eigenvalue weighted by atomic mass is 16.3. The summed E-state index contributed by atoms with van der Waals surface area (Å²) in [6.45, 7) is 2.91. The molecule has 1 aromatic heterocycles. The Labute approximate surface area is 113 Å². The molecule has 1 aliphatic carbocycles. The van der Waals surface area contributed by atoms with Gasteiger partial charge in [0.15, 0.2) is 0 Å². The van der Waals surface area contributed by atoms with Crippen LogP contribution in [0, 0.1) is 0 Å². The molecule has 2 aliphatic rings. The van der Waals surface area contributed by atoms with E-state index in [4.69, 9.17) is 0 Å². The molecule has 104 valence electrons. The molecule has 0 saturated carbocycles. The van der Waals surface area contributed by atoms with E-state index < -0.39 is 5.60 Å². The van der Waals surface area contributed by atoms with Crippen LogP contribution in [-0.4, -0.2) is 40.3 Å². The lowest BCUT2D eigenvalue weighted by Gasteiger charge is -2.32. The highest BCUT2D eigenvalue weighted by Crippen LogP contribution is 2.18. The Morgan fingerprint density at radius 2 is 2.32 bits per heavy atom. The first-order valence-electron chi connectivity index (χ1n) is 7.23. The number of hydrogen-bond donors (Lipinski definition) is 3. The van der Waals surface area contributed by atoms with Gasteiger partial charge >= 0.3 is 0 Å². The Hall–Kier alpha value is -1.04. The van der Waals surface area contributed by atoms with Crippen molar-refractivity contribution < 1.29 is 5.11 Å². The van der Waals surface area contributed by atoms with E-state index >= 15 is 0 Å². The summed E-state index contributed by atoms with van der Waals surface area (Å²) in [7, 11) is 0. The van der Waals surface area contributed by atoms with Crippen molar-refractivity contribution in [2.24, 2.45) is 0 Å². The number of nitrogens with zero attached hydrogens (tertiary/aromatic N) is 2. The Balaban J connectivity index is 1.52. The molecule has 1 fully saturated rings. The average Bonchev–Trinajstić information content (AvgIpc) is 2.87. The predicted molar refractivity (Wildman–Crippen MR) is 72.8 cm³/mol. The fraction of sp³-hybridized carbons (Fsp3) is 0.714. The second-order valence-corrected chi connectivity index (χ2v) is 5.72. The smallest absolute Gasteiger partial charge is 0.142 e. The summed E-state index contributed by atoms with van der Waals surface area (Å²) in [4.78, 5) is 8.97. The zero-order chi connectivity index (χ0) is 13.1. The first-order valence-corrected chi connectivity index (χ1v) is 7.23. The van der Waals surface area contributed by atoms with Crippen molar-refractivity contribution >= 4 is 0 Å². The van der Waals surface area contributed by atoms with Crippen LogP contribution in [0.3, 0.4) is 0 Å². The second kappa shape index (κ2) is 5.53. The van der Waals surface area contributed by atoms with Gasteiger partial charge in [0.05, 0.1) is 12.1 Å². The number of β-amino-alcohol motifs (C(OH)–C–C–N with tert-alkyl or cyclic N) is 1. The molecule has 0 bridgehead atoms. The Morgan fingerprint density at radius 3 is 3.16 bits per heavy atom. The minimum Gasteiger partial charge on any atom is -0.387 e. The zero-order valence-electron chi connectivity index (χ0n) is 11.3. The van der Waals surface area contributed by atoms with E-state index in [1.807, 2.05) is 6.20 Å². The van der Waals surface area contributed by atoms with Crippen LogP contribution in [0.25, 0.3) is 0 Å². The third-order valence-corrected chi connectivity index (χ3v) is 4.05. The van der Waals surface area contributed by atoms with Crippen LogP contribution in [0.1, 0.15) is 36.3 Å². The molecule has 0 aromatic carbocycles. The maximum Gasteiger partial charge on any atom is 0.142 e. The van der Waals surface area contributed by atoms with Gasteiger partial charge < -0.3 is 15.7 Å². The molecule has 19 heavy (non-hydrogen) atoms. The van der Waals surface area contributed by atoms with Crippen LogP contribution < -0.4 is 10.6 Å². The number of aryl methyl sites for hydroxylation is 2. The summed E-state index contributed by atoms with van der Waals surface area (Å²) in [5.74, 6) is 0.841. The molecular weight excluding hydrogens is 240 g/mol. The van der Waals surface area contributed by atoms with Crippen molar-refractivity contribution in [3.63, 3.8) is 0 Å². The molecule has 1 unspecified atom stereocenters. The van der Waals surface area contributed by atoms with Crippen LogP contribution >= 0.6 is 0 Å². The molecule has 2 heterocycles. The second-order valence-electron chi connectivity index (χ2n) is 5.72. The number of piperidine rings is 1. The molecule has 1 aliphatic heterocycles. The summed E-state index contributed by atoms with van der Waals surface area (Å²) < 4.78 is 0. The molecule has 0 amide bonds. The van der Waals surface area contributed by atoms with E-state index in [1.54, 1.807) is 0 Å². The topological polar surface area (TPSA) is 70.1 Å². The first-order chi connectivity index (χ1) is 9.25. The van der Waals surface area contributed by atoms with Gasteiger partial charge in [-0.15, -0.1) is 0 Å². The quantitative estimate of drug-likeness (QED) is 0.721. The van der Waals surface area contributed by atoms with Gasteiger partial charge in [-0.25, -0.2) is 9.97 Å². The van der Waals surface area contributed by atoms with Crippen LogP contribution in [0.2, 0.25) is 0 Å². The Morgan fingerprint density at radius 1 is 1.37 bits per heavy atom. The van der Waals surface area contributed by atoms with Gasteiger partial charge in [0.25, 0.3) is 0 Å². The SMILES string of the molecule is OC1(CNCc2ncc3c(n2)CCC3)CCCNC1. The van der Waals surface area contributed by atoms with Gasteiger partial charge in [0.1, 0.15) is 5.82 Å².